The molecule has 1 saturated heterocycles. The summed E-state index contributed by atoms with van der Waals surface area (Å²) < 4.78 is 47.4. The third kappa shape index (κ3) is 5.37. The monoisotopic (exact) mass is 472 g/mol. The van der Waals surface area contributed by atoms with E-state index < -0.39 is 23.9 Å². The van der Waals surface area contributed by atoms with Crippen LogP contribution in [0.5, 0.6) is 0 Å². The number of carbonyl (C=O) groups excluding carboxylic acids is 2. The van der Waals surface area contributed by atoms with Gasteiger partial charge in [-0.1, -0.05) is 5.16 Å². The van der Waals surface area contributed by atoms with Gasteiger partial charge in [0.2, 0.25) is 5.82 Å². The second kappa shape index (κ2) is 9.56. The lowest BCUT2D eigenvalue weighted by Gasteiger charge is -2.35. The molecule has 172 valence electrons. The zero-order chi connectivity index (χ0) is 23.5. The van der Waals surface area contributed by atoms with Crippen LogP contribution in [0.15, 0.2) is 16.7 Å². The summed E-state index contributed by atoms with van der Waals surface area (Å²) in [5, 5.41) is 21.2. The van der Waals surface area contributed by atoms with E-state index in [1.807, 2.05) is 0 Å². The van der Waals surface area contributed by atoms with Crippen LogP contribution in [0.25, 0.3) is 10.7 Å². The predicted molar refractivity (Wildman–Crippen MR) is 107 cm³/mol. The van der Waals surface area contributed by atoms with E-state index in [0.717, 1.165) is 11.3 Å². The Balaban J connectivity index is 1.57. The van der Waals surface area contributed by atoms with Gasteiger partial charge >= 0.3 is 12.1 Å². The molecule has 10 nitrogen and oxygen atoms in total. The lowest BCUT2D eigenvalue weighted by atomic mass is 10.1. The van der Waals surface area contributed by atoms with Gasteiger partial charge < -0.3 is 24.9 Å². The highest BCUT2D eigenvalue weighted by molar-refractivity contribution is 7.17. The molecular weight excluding hydrogens is 453 g/mol. The highest BCUT2D eigenvalue weighted by Gasteiger charge is 2.38. The number of alkyl halides is 3. The molecule has 2 amide bonds. The number of aromatic nitrogens is 2. The van der Waals surface area contributed by atoms with Crippen LogP contribution in [0.3, 0.4) is 0 Å². The Morgan fingerprint density at radius 3 is 2.75 bits per heavy atom. The van der Waals surface area contributed by atoms with Gasteiger partial charge in [0.05, 0.1) is 34.7 Å². The quantitative estimate of drug-likeness (QED) is 0.527. The van der Waals surface area contributed by atoms with Crippen LogP contribution in [0.4, 0.5) is 13.2 Å². The molecule has 14 heteroatoms. The van der Waals surface area contributed by atoms with Gasteiger partial charge in [-0.2, -0.15) is 18.2 Å². The molecule has 0 saturated carbocycles. The average molecular weight is 472 g/mol. The van der Waals surface area contributed by atoms with Crippen molar-refractivity contribution in [1.82, 2.24) is 20.4 Å². The van der Waals surface area contributed by atoms with Crippen LogP contribution in [-0.2, 0) is 15.7 Å². The minimum Gasteiger partial charge on any atom is -0.377 e. The molecule has 32 heavy (non-hydrogen) atoms. The van der Waals surface area contributed by atoms with Gasteiger partial charge in [0.15, 0.2) is 0 Å². The molecule has 1 aliphatic heterocycles. The Bertz CT molecular complexity index is 1030. The molecular formula is C18H19F3N6O4S. The predicted octanol–water partition coefficient (Wildman–Crippen LogP) is 2.22. The van der Waals surface area contributed by atoms with Crippen LogP contribution in [-0.4, -0.2) is 70.6 Å². The highest BCUT2D eigenvalue weighted by atomic mass is 32.1. The normalized spacial score (nSPS) is 16.6. The van der Waals surface area contributed by atoms with Crippen molar-refractivity contribution in [2.75, 3.05) is 26.3 Å². The Morgan fingerprint density at radius 2 is 2.09 bits per heavy atom. The van der Waals surface area contributed by atoms with E-state index in [4.69, 9.17) is 15.6 Å². The molecule has 2 aromatic rings. The fourth-order valence-electron chi connectivity index (χ4n) is 2.92. The van der Waals surface area contributed by atoms with Crippen molar-refractivity contribution < 1.29 is 32.0 Å². The second-order valence-corrected chi connectivity index (χ2v) is 7.94. The third-order valence-corrected chi connectivity index (χ3v) is 5.64. The maximum atomic E-state index is 12.6. The molecule has 3 N–H and O–H groups in total. The number of nitrogens with one attached hydrogen (secondary N) is 3. The highest BCUT2D eigenvalue weighted by Crippen LogP contribution is 2.31. The molecule has 1 atom stereocenters. The van der Waals surface area contributed by atoms with E-state index in [0.29, 0.717) is 13.0 Å². The Morgan fingerprint density at radius 1 is 1.34 bits per heavy atom. The standard InChI is InChI=1S/C18H19F3N6O4S/c1-9(22)13(23)16(29)27-6-7-30-8-10(27)4-5-24-15(28)12-3-2-11(32-12)14-25-17(31-26-14)18(19,20)21/h2-3,10,22-23H,4-8H2,1H3,(H,24,28). The molecule has 0 spiro atoms. The molecule has 0 aromatic carbocycles. The summed E-state index contributed by atoms with van der Waals surface area (Å²) in [6.07, 6.45) is -4.39. The molecule has 1 aliphatic rings. The van der Waals surface area contributed by atoms with Gasteiger partial charge in [-0.05, 0) is 25.5 Å². The van der Waals surface area contributed by atoms with Crippen molar-refractivity contribution in [2.45, 2.75) is 25.6 Å². The number of nitrogens with zero attached hydrogens (tertiary/aromatic N) is 3. The topological polar surface area (TPSA) is 145 Å². The van der Waals surface area contributed by atoms with Crippen LogP contribution in [0, 0.1) is 10.8 Å². The molecule has 3 heterocycles. The van der Waals surface area contributed by atoms with Gasteiger partial charge in [0.25, 0.3) is 11.8 Å². The second-order valence-electron chi connectivity index (χ2n) is 6.86. The van der Waals surface area contributed by atoms with E-state index in [9.17, 15) is 22.8 Å². The van der Waals surface area contributed by atoms with Crippen LogP contribution in [0.1, 0.15) is 28.9 Å². The van der Waals surface area contributed by atoms with E-state index in [1.165, 1.54) is 24.0 Å². The summed E-state index contributed by atoms with van der Waals surface area (Å²) >= 11 is 0.911. The van der Waals surface area contributed by atoms with Crippen LogP contribution >= 0.6 is 11.3 Å². The van der Waals surface area contributed by atoms with Crippen LogP contribution in [0.2, 0.25) is 0 Å². The zero-order valence-electron chi connectivity index (χ0n) is 16.8. The number of amides is 2. The minimum absolute atomic E-state index is 0.133. The summed E-state index contributed by atoms with van der Waals surface area (Å²) in [5.74, 6) is -2.73. The number of thiophene rings is 1. The van der Waals surface area contributed by atoms with Gasteiger partial charge in [-0.15, -0.1) is 11.3 Å². The zero-order valence-corrected chi connectivity index (χ0v) is 17.6. The number of hydrogen-bond donors (Lipinski definition) is 3. The molecule has 1 unspecified atom stereocenters. The van der Waals surface area contributed by atoms with E-state index in [-0.39, 0.29) is 52.7 Å². The largest absolute Gasteiger partial charge is 0.471 e. The van der Waals surface area contributed by atoms with Gasteiger partial charge in [-0.3, -0.25) is 15.0 Å². The number of morpholine rings is 1. The first-order valence-electron chi connectivity index (χ1n) is 9.40. The van der Waals surface area contributed by atoms with Crippen molar-refractivity contribution in [3.63, 3.8) is 0 Å². The van der Waals surface area contributed by atoms with E-state index in [1.54, 1.807) is 0 Å². The number of rotatable bonds is 7. The number of halogens is 3. The smallest absolute Gasteiger partial charge is 0.377 e. The summed E-state index contributed by atoms with van der Waals surface area (Å²) in [5.41, 5.74) is -0.520. The molecule has 2 aromatic heterocycles. The maximum absolute atomic E-state index is 12.6. The van der Waals surface area contributed by atoms with Crippen LogP contribution < -0.4 is 5.32 Å². The Kier molecular flexibility index (Phi) is 7.03. The minimum atomic E-state index is -4.75. The molecule has 0 aliphatic carbocycles. The number of ether oxygens (including phenoxy) is 1. The fourth-order valence-corrected chi connectivity index (χ4v) is 3.77. The van der Waals surface area contributed by atoms with Crippen molar-refractivity contribution >= 4 is 34.6 Å². The SMILES string of the molecule is CC(=N)C(=N)C(=O)N1CCOCC1CCNC(=O)c1ccc(-c2noc(C(F)(F)F)n2)s1. The summed E-state index contributed by atoms with van der Waals surface area (Å²) in [4.78, 5) is 30.0. The maximum Gasteiger partial charge on any atom is 0.471 e. The molecule has 1 fully saturated rings. The lowest BCUT2D eigenvalue weighted by molar-refractivity contribution is -0.159. The first kappa shape index (κ1) is 23.5. The van der Waals surface area contributed by atoms with Gasteiger partial charge in [0, 0.05) is 13.1 Å². The summed E-state index contributed by atoms with van der Waals surface area (Å²) in [6, 6.07) is 2.49. The fraction of sp³-hybridized carbons (Fsp3) is 0.444. The molecule has 3 rings (SSSR count). The molecule has 0 bridgehead atoms. The van der Waals surface area contributed by atoms with Gasteiger partial charge in [-0.25, -0.2) is 0 Å². The summed E-state index contributed by atoms with van der Waals surface area (Å²) in [6.45, 7) is 2.41. The van der Waals surface area contributed by atoms with Crippen molar-refractivity contribution in [3.05, 3.63) is 22.9 Å². The number of carbonyl (C=O) groups is 2. The average Bonchev–Trinajstić information content (AvgIpc) is 3.42. The van der Waals surface area contributed by atoms with E-state index >= 15 is 0 Å². The van der Waals surface area contributed by atoms with Crippen molar-refractivity contribution in [1.29, 1.82) is 10.8 Å². The first-order valence-corrected chi connectivity index (χ1v) is 10.2. The van der Waals surface area contributed by atoms with Gasteiger partial charge in [0.1, 0.15) is 5.71 Å². The Labute approximate surface area is 183 Å². The van der Waals surface area contributed by atoms with Crippen molar-refractivity contribution in [3.8, 4) is 10.7 Å². The Hall–Kier alpha value is -3.13. The van der Waals surface area contributed by atoms with E-state index in [2.05, 4.69) is 20.0 Å². The summed E-state index contributed by atoms with van der Waals surface area (Å²) in [7, 11) is 0. The van der Waals surface area contributed by atoms with Crippen molar-refractivity contribution in [2.24, 2.45) is 0 Å². The lowest BCUT2D eigenvalue weighted by Crippen LogP contribution is -2.52. The number of hydrogen-bond acceptors (Lipinski definition) is 9. The third-order valence-electron chi connectivity index (χ3n) is 4.56. The molecule has 0 radical (unpaired) electrons. The first-order chi connectivity index (χ1) is 15.1.